The van der Waals surface area contributed by atoms with Gasteiger partial charge in [0.25, 0.3) is 0 Å². The van der Waals surface area contributed by atoms with E-state index in [2.05, 4.69) is 9.97 Å². The first-order valence-electron chi connectivity index (χ1n) is 5.41. The Morgan fingerprint density at radius 1 is 1.31 bits per heavy atom. The molecule has 0 radical (unpaired) electrons. The number of nitrogens with zero attached hydrogens (tertiary/aromatic N) is 2. The van der Waals surface area contributed by atoms with Gasteiger partial charge in [-0.15, -0.1) is 0 Å². The fourth-order valence-electron chi connectivity index (χ4n) is 1.93. The van der Waals surface area contributed by atoms with Crippen molar-refractivity contribution in [3.05, 3.63) is 18.1 Å². The lowest BCUT2D eigenvalue weighted by molar-refractivity contribution is 0.0603. The van der Waals surface area contributed by atoms with E-state index in [1.807, 2.05) is 0 Å². The van der Waals surface area contributed by atoms with Crippen molar-refractivity contribution in [3.63, 3.8) is 0 Å². The minimum Gasteiger partial charge on any atom is -0.480 e. The number of nitrogens with two attached hydrogens (primary N) is 1. The molecule has 0 saturated heterocycles. The highest BCUT2D eigenvalue weighted by Crippen LogP contribution is 2.39. The number of ether oxygens (including phenoxy) is 2. The van der Waals surface area contributed by atoms with Gasteiger partial charge >= 0.3 is 0 Å². The first-order valence-corrected chi connectivity index (χ1v) is 5.41. The Balaban J connectivity index is 2.20. The van der Waals surface area contributed by atoms with Gasteiger partial charge in [0.15, 0.2) is 0 Å². The van der Waals surface area contributed by atoms with Crippen LogP contribution in [-0.2, 0) is 4.74 Å². The molecule has 2 unspecified atom stereocenters. The molecule has 2 N–H and O–H groups in total. The van der Waals surface area contributed by atoms with Crippen LogP contribution in [0.25, 0.3) is 0 Å². The molecule has 2 atom stereocenters. The van der Waals surface area contributed by atoms with Crippen LogP contribution in [0, 0.1) is 5.92 Å². The summed E-state index contributed by atoms with van der Waals surface area (Å²) in [7, 11) is 3.25. The maximum Gasteiger partial charge on any atom is 0.237 e. The highest BCUT2D eigenvalue weighted by Gasteiger charge is 2.37. The third-order valence-corrected chi connectivity index (χ3v) is 2.91. The standard InChI is InChI=1S/C11H17N3O2/c1-15-10(7-3-4-7)8(12)9-11(16-2)14-6-5-13-9/h5-8,10H,3-4,12H2,1-2H3. The van der Waals surface area contributed by atoms with Crippen molar-refractivity contribution in [2.45, 2.75) is 25.0 Å². The summed E-state index contributed by atoms with van der Waals surface area (Å²) in [6.45, 7) is 0. The minimum atomic E-state index is -0.277. The highest BCUT2D eigenvalue weighted by atomic mass is 16.5. The zero-order chi connectivity index (χ0) is 11.5. The summed E-state index contributed by atoms with van der Waals surface area (Å²) in [4.78, 5) is 8.33. The SMILES string of the molecule is COc1nccnc1C(N)C(OC)C1CC1. The number of rotatable bonds is 5. The van der Waals surface area contributed by atoms with Crippen molar-refractivity contribution in [2.24, 2.45) is 11.7 Å². The van der Waals surface area contributed by atoms with Crippen LogP contribution in [0.2, 0.25) is 0 Å². The Hall–Kier alpha value is -1.20. The normalized spacial score (nSPS) is 19.2. The second-order valence-corrected chi connectivity index (χ2v) is 4.01. The van der Waals surface area contributed by atoms with Crippen LogP contribution in [-0.4, -0.2) is 30.3 Å². The molecule has 0 bridgehead atoms. The summed E-state index contributed by atoms with van der Waals surface area (Å²) in [5.74, 6) is 1.03. The van der Waals surface area contributed by atoms with Gasteiger partial charge in [0, 0.05) is 19.5 Å². The number of hydrogen-bond donors (Lipinski definition) is 1. The summed E-state index contributed by atoms with van der Waals surface area (Å²) in [5, 5.41) is 0. The van der Waals surface area contributed by atoms with Gasteiger partial charge < -0.3 is 15.2 Å². The summed E-state index contributed by atoms with van der Waals surface area (Å²) in [6, 6.07) is -0.277. The lowest BCUT2D eigenvalue weighted by atomic mass is 10.0. The fraction of sp³-hybridized carbons (Fsp3) is 0.636. The van der Waals surface area contributed by atoms with Gasteiger partial charge in [-0.05, 0) is 18.8 Å². The van der Waals surface area contributed by atoms with Crippen molar-refractivity contribution in [1.82, 2.24) is 9.97 Å². The Labute approximate surface area is 95.0 Å². The van der Waals surface area contributed by atoms with E-state index in [0.717, 1.165) is 0 Å². The topological polar surface area (TPSA) is 70.3 Å². The second-order valence-electron chi connectivity index (χ2n) is 4.01. The van der Waals surface area contributed by atoms with Crippen LogP contribution >= 0.6 is 0 Å². The van der Waals surface area contributed by atoms with Gasteiger partial charge in [-0.3, -0.25) is 4.98 Å². The lowest BCUT2D eigenvalue weighted by Crippen LogP contribution is -2.31. The van der Waals surface area contributed by atoms with Crippen molar-refractivity contribution < 1.29 is 9.47 Å². The van der Waals surface area contributed by atoms with E-state index < -0.39 is 0 Å². The number of aromatic nitrogens is 2. The summed E-state index contributed by atoms with van der Waals surface area (Å²) >= 11 is 0. The molecule has 5 nitrogen and oxygen atoms in total. The van der Waals surface area contributed by atoms with Crippen molar-refractivity contribution in [1.29, 1.82) is 0 Å². The smallest absolute Gasteiger partial charge is 0.237 e. The molecule has 16 heavy (non-hydrogen) atoms. The third kappa shape index (κ3) is 2.15. The molecular weight excluding hydrogens is 206 g/mol. The lowest BCUT2D eigenvalue weighted by Gasteiger charge is -2.22. The molecule has 1 heterocycles. The largest absolute Gasteiger partial charge is 0.480 e. The first-order chi connectivity index (χ1) is 7.77. The summed E-state index contributed by atoms with van der Waals surface area (Å²) < 4.78 is 10.6. The maximum atomic E-state index is 6.16. The first kappa shape index (κ1) is 11.3. The predicted molar refractivity (Wildman–Crippen MR) is 59.0 cm³/mol. The van der Waals surface area contributed by atoms with Crippen LogP contribution in [0.3, 0.4) is 0 Å². The molecular formula is C11H17N3O2. The molecule has 1 saturated carbocycles. The van der Waals surface area contributed by atoms with Gasteiger partial charge in [0.05, 0.1) is 19.3 Å². The van der Waals surface area contributed by atoms with Crippen LogP contribution in [0.15, 0.2) is 12.4 Å². The third-order valence-electron chi connectivity index (χ3n) is 2.91. The summed E-state index contributed by atoms with van der Waals surface area (Å²) in [6.07, 6.45) is 5.57. The van der Waals surface area contributed by atoms with Crippen LogP contribution in [0.1, 0.15) is 24.6 Å². The highest BCUT2D eigenvalue weighted by molar-refractivity contribution is 5.22. The van der Waals surface area contributed by atoms with E-state index in [9.17, 15) is 0 Å². The molecule has 88 valence electrons. The van der Waals surface area contributed by atoms with Gasteiger partial charge in [0.1, 0.15) is 5.69 Å². The average Bonchev–Trinajstić information content (AvgIpc) is 3.14. The van der Waals surface area contributed by atoms with E-state index in [1.54, 1.807) is 26.6 Å². The minimum absolute atomic E-state index is 0.00519. The second kappa shape index (κ2) is 4.76. The predicted octanol–water partition coefficient (Wildman–Crippen LogP) is 0.910. The van der Waals surface area contributed by atoms with Crippen LogP contribution in [0.5, 0.6) is 5.88 Å². The van der Waals surface area contributed by atoms with E-state index in [4.69, 9.17) is 15.2 Å². The Morgan fingerprint density at radius 3 is 2.56 bits per heavy atom. The number of hydrogen-bond acceptors (Lipinski definition) is 5. The zero-order valence-corrected chi connectivity index (χ0v) is 9.59. The molecule has 0 aliphatic heterocycles. The molecule has 0 aromatic carbocycles. The molecule has 1 aliphatic carbocycles. The van der Waals surface area contributed by atoms with E-state index >= 15 is 0 Å². The van der Waals surface area contributed by atoms with E-state index in [-0.39, 0.29) is 12.1 Å². The van der Waals surface area contributed by atoms with Crippen molar-refractivity contribution in [3.8, 4) is 5.88 Å². The Bertz CT molecular complexity index is 355. The quantitative estimate of drug-likeness (QED) is 0.803. The van der Waals surface area contributed by atoms with Crippen LogP contribution < -0.4 is 10.5 Å². The van der Waals surface area contributed by atoms with Gasteiger partial charge in [-0.2, -0.15) is 0 Å². The molecule has 1 aromatic rings. The fourth-order valence-corrected chi connectivity index (χ4v) is 1.93. The molecule has 1 aliphatic rings. The molecule has 0 amide bonds. The maximum absolute atomic E-state index is 6.16. The Kier molecular flexibility index (Phi) is 3.36. The van der Waals surface area contributed by atoms with Gasteiger partial charge in [-0.25, -0.2) is 4.98 Å². The molecule has 1 aromatic heterocycles. The van der Waals surface area contributed by atoms with Crippen LogP contribution in [0.4, 0.5) is 0 Å². The molecule has 0 spiro atoms. The number of methoxy groups -OCH3 is 2. The van der Waals surface area contributed by atoms with Crippen molar-refractivity contribution in [2.75, 3.05) is 14.2 Å². The van der Waals surface area contributed by atoms with Gasteiger partial charge in [0.2, 0.25) is 5.88 Å². The molecule has 2 rings (SSSR count). The molecule has 5 heteroatoms. The van der Waals surface area contributed by atoms with E-state index in [0.29, 0.717) is 17.5 Å². The van der Waals surface area contributed by atoms with Gasteiger partial charge in [-0.1, -0.05) is 0 Å². The monoisotopic (exact) mass is 223 g/mol. The zero-order valence-electron chi connectivity index (χ0n) is 9.59. The van der Waals surface area contributed by atoms with E-state index in [1.165, 1.54) is 12.8 Å². The average molecular weight is 223 g/mol. The summed E-state index contributed by atoms with van der Waals surface area (Å²) in [5.41, 5.74) is 6.83. The van der Waals surface area contributed by atoms with Crippen molar-refractivity contribution >= 4 is 0 Å². The Morgan fingerprint density at radius 2 is 2.00 bits per heavy atom. The molecule has 1 fully saturated rings.